The lowest BCUT2D eigenvalue weighted by atomic mass is 9.88. The minimum Gasteiger partial charge on any atom is -0.492 e. The number of primary amides is 1. The summed E-state index contributed by atoms with van der Waals surface area (Å²) in [6.45, 7) is 4.54. The van der Waals surface area contributed by atoms with Gasteiger partial charge in [0, 0.05) is 6.42 Å². The Labute approximate surface area is 119 Å². The molecule has 0 radical (unpaired) electrons. The molecule has 1 aromatic carbocycles. The second-order valence-corrected chi connectivity index (χ2v) is 5.60. The van der Waals surface area contributed by atoms with E-state index in [1.54, 1.807) is 18.2 Å². The van der Waals surface area contributed by atoms with E-state index in [4.69, 9.17) is 21.5 Å². The van der Waals surface area contributed by atoms with Crippen LogP contribution in [-0.2, 0) is 4.79 Å². The fourth-order valence-electron chi connectivity index (χ4n) is 1.87. The third-order valence-corrected chi connectivity index (χ3v) is 3.07. The van der Waals surface area contributed by atoms with Crippen molar-refractivity contribution in [3.63, 3.8) is 0 Å². The summed E-state index contributed by atoms with van der Waals surface area (Å²) in [7, 11) is 0. The van der Waals surface area contributed by atoms with E-state index in [1.165, 1.54) is 0 Å². The summed E-state index contributed by atoms with van der Waals surface area (Å²) in [6, 6.07) is 7.20. The zero-order valence-corrected chi connectivity index (χ0v) is 12.0. The van der Waals surface area contributed by atoms with Crippen molar-refractivity contribution in [1.82, 2.24) is 0 Å². The van der Waals surface area contributed by atoms with Crippen molar-refractivity contribution < 1.29 is 9.53 Å². The number of nitrogens with zero attached hydrogens (tertiary/aromatic N) is 1. The Morgan fingerprint density at radius 2 is 2.15 bits per heavy atom. The van der Waals surface area contributed by atoms with E-state index in [1.807, 2.05) is 19.9 Å². The van der Waals surface area contributed by atoms with Gasteiger partial charge in [-0.2, -0.15) is 5.26 Å². The molecule has 20 heavy (non-hydrogen) atoms. The number of nitrogen functional groups attached to an aromatic ring is 1. The quantitative estimate of drug-likeness (QED) is 0.744. The van der Waals surface area contributed by atoms with E-state index in [0.29, 0.717) is 30.0 Å². The molecule has 1 aromatic rings. The summed E-state index contributed by atoms with van der Waals surface area (Å²) in [6.07, 6.45) is 1.93. The summed E-state index contributed by atoms with van der Waals surface area (Å²) >= 11 is 0. The molecular formula is C15H21N3O2. The van der Waals surface area contributed by atoms with Crippen LogP contribution in [0.15, 0.2) is 18.2 Å². The van der Waals surface area contributed by atoms with Gasteiger partial charge in [0.1, 0.15) is 17.4 Å². The summed E-state index contributed by atoms with van der Waals surface area (Å²) in [5, 5.41) is 9.07. The van der Waals surface area contributed by atoms with Crippen molar-refractivity contribution in [3.8, 4) is 11.8 Å². The molecule has 5 nitrogen and oxygen atoms in total. The minimum absolute atomic E-state index is 0.104. The largest absolute Gasteiger partial charge is 0.492 e. The average molecular weight is 275 g/mol. The fraction of sp³-hybridized carbons (Fsp3) is 0.467. The van der Waals surface area contributed by atoms with Gasteiger partial charge >= 0.3 is 0 Å². The maximum absolute atomic E-state index is 10.7. The maximum Gasteiger partial charge on any atom is 0.217 e. The van der Waals surface area contributed by atoms with Crippen LogP contribution in [0.25, 0.3) is 0 Å². The fourth-order valence-corrected chi connectivity index (χ4v) is 1.87. The van der Waals surface area contributed by atoms with Crippen LogP contribution in [0.3, 0.4) is 0 Å². The van der Waals surface area contributed by atoms with Crippen LogP contribution in [0.5, 0.6) is 5.75 Å². The standard InChI is InChI=1S/C15H21N3O2/c1-15(2,8-4-7-14(18)19)10-20-13-6-3-5-12(17)11(13)9-16/h3,5-6H,4,7-8,10,17H2,1-2H3,(H2,18,19). The lowest BCUT2D eigenvalue weighted by Crippen LogP contribution is -2.22. The number of nitriles is 1. The van der Waals surface area contributed by atoms with Crippen molar-refractivity contribution >= 4 is 11.6 Å². The number of hydrogen-bond donors (Lipinski definition) is 2. The van der Waals surface area contributed by atoms with Crippen LogP contribution in [0, 0.1) is 16.7 Å². The second kappa shape index (κ2) is 6.80. The normalized spacial score (nSPS) is 10.8. The van der Waals surface area contributed by atoms with Gasteiger partial charge in [0.15, 0.2) is 0 Å². The number of benzene rings is 1. The van der Waals surface area contributed by atoms with E-state index >= 15 is 0 Å². The van der Waals surface area contributed by atoms with Gasteiger partial charge in [-0.15, -0.1) is 0 Å². The van der Waals surface area contributed by atoms with Gasteiger partial charge in [-0.3, -0.25) is 4.79 Å². The molecule has 0 fully saturated rings. The Kier molecular flexibility index (Phi) is 5.39. The number of nitrogens with two attached hydrogens (primary N) is 2. The molecule has 108 valence electrons. The van der Waals surface area contributed by atoms with Crippen LogP contribution in [0.1, 0.15) is 38.7 Å². The molecule has 0 atom stereocenters. The lowest BCUT2D eigenvalue weighted by Gasteiger charge is -2.25. The molecule has 0 bridgehead atoms. The molecule has 4 N–H and O–H groups in total. The molecule has 1 rings (SSSR count). The summed E-state index contributed by atoms with van der Waals surface area (Å²) in [5.41, 5.74) is 11.5. The minimum atomic E-state index is -0.288. The molecule has 1 amide bonds. The number of rotatable bonds is 7. The molecule has 5 heteroatoms. The first kappa shape index (κ1) is 15.8. The van der Waals surface area contributed by atoms with Crippen LogP contribution < -0.4 is 16.2 Å². The van der Waals surface area contributed by atoms with E-state index < -0.39 is 0 Å². The third-order valence-electron chi connectivity index (χ3n) is 3.07. The zero-order valence-electron chi connectivity index (χ0n) is 12.0. The van der Waals surface area contributed by atoms with Crippen LogP contribution in [0.4, 0.5) is 5.69 Å². The topological polar surface area (TPSA) is 102 Å². The van der Waals surface area contributed by atoms with Crippen LogP contribution in [0.2, 0.25) is 0 Å². The molecule has 0 aliphatic rings. The van der Waals surface area contributed by atoms with E-state index in [9.17, 15) is 4.79 Å². The predicted octanol–water partition coefficient (Wildman–Crippen LogP) is 2.20. The predicted molar refractivity (Wildman–Crippen MR) is 77.9 cm³/mol. The van der Waals surface area contributed by atoms with Gasteiger partial charge in [-0.25, -0.2) is 0 Å². The van der Waals surface area contributed by atoms with Gasteiger partial charge in [0.2, 0.25) is 5.91 Å². The number of amides is 1. The highest BCUT2D eigenvalue weighted by Crippen LogP contribution is 2.28. The van der Waals surface area contributed by atoms with Crippen molar-refractivity contribution in [2.24, 2.45) is 11.1 Å². The monoisotopic (exact) mass is 275 g/mol. The van der Waals surface area contributed by atoms with Gasteiger partial charge in [0.25, 0.3) is 0 Å². The second-order valence-electron chi connectivity index (χ2n) is 5.60. The third kappa shape index (κ3) is 4.81. The SMILES string of the molecule is CC(C)(CCCC(N)=O)COc1cccc(N)c1C#N. The summed E-state index contributed by atoms with van der Waals surface area (Å²) < 4.78 is 5.71. The van der Waals surface area contributed by atoms with Gasteiger partial charge in [-0.05, 0) is 30.4 Å². The first-order valence-electron chi connectivity index (χ1n) is 6.55. The van der Waals surface area contributed by atoms with Crippen LogP contribution >= 0.6 is 0 Å². The van der Waals surface area contributed by atoms with Crippen molar-refractivity contribution in [1.29, 1.82) is 5.26 Å². The number of ether oxygens (including phenoxy) is 1. The Morgan fingerprint density at radius 1 is 1.45 bits per heavy atom. The molecule has 0 spiro atoms. The highest BCUT2D eigenvalue weighted by atomic mass is 16.5. The Morgan fingerprint density at radius 3 is 2.75 bits per heavy atom. The van der Waals surface area contributed by atoms with E-state index in [0.717, 1.165) is 12.8 Å². The lowest BCUT2D eigenvalue weighted by molar-refractivity contribution is -0.118. The molecule has 0 aliphatic heterocycles. The Bertz CT molecular complexity index is 518. The highest BCUT2D eigenvalue weighted by Gasteiger charge is 2.20. The number of carbonyl (C=O) groups is 1. The number of carbonyl (C=O) groups excluding carboxylic acids is 1. The molecule has 0 unspecified atom stereocenters. The molecule has 0 heterocycles. The Balaban J connectivity index is 2.60. The highest BCUT2D eigenvalue weighted by molar-refractivity contribution is 5.73. The van der Waals surface area contributed by atoms with Crippen molar-refractivity contribution in [2.75, 3.05) is 12.3 Å². The molecule has 0 saturated carbocycles. The number of anilines is 1. The number of hydrogen-bond acceptors (Lipinski definition) is 4. The first-order chi connectivity index (χ1) is 9.35. The molecular weight excluding hydrogens is 254 g/mol. The zero-order chi connectivity index (χ0) is 15.2. The molecule has 0 aromatic heterocycles. The van der Waals surface area contributed by atoms with Crippen molar-refractivity contribution in [2.45, 2.75) is 33.1 Å². The molecule has 0 saturated heterocycles. The van der Waals surface area contributed by atoms with Crippen molar-refractivity contribution in [3.05, 3.63) is 23.8 Å². The van der Waals surface area contributed by atoms with Crippen LogP contribution in [-0.4, -0.2) is 12.5 Å². The smallest absolute Gasteiger partial charge is 0.217 e. The van der Waals surface area contributed by atoms with E-state index in [-0.39, 0.29) is 11.3 Å². The first-order valence-corrected chi connectivity index (χ1v) is 6.55. The van der Waals surface area contributed by atoms with Gasteiger partial charge in [0.05, 0.1) is 12.3 Å². The van der Waals surface area contributed by atoms with Gasteiger partial charge < -0.3 is 16.2 Å². The summed E-state index contributed by atoms with van der Waals surface area (Å²) in [5.74, 6) is 0.208. The summed E-state index contributed by atoms with van der Waals surface area (Å²) in [4.78, 5) is 10.7. The Hall–Kier alpha value is -2.22. The molecule has 0 aliphatic carbocycles. The van der Waals surface area contributed by atoms with E-state index in [2.05, 4.69) is 0 Å². The van der Waals surface area contributed by atoms with Gasteiger partial charge in [-0.1, -0.05) is 19.9 Å². The maximum atomic E-state index is 10.7. The average Bonchev–Trinajstić information content (AvgIpc) is 2.36.